The van der Waals surface area contributed by atoms with Crippen molar-refractivity contribution in [1.82, 2.24) is 10.2 Å². The van der Waals surface area contributed by atoms with Gasteiger partial charge in [0, 0.05) is 18.5 Å². The van der Waals surface area contributed by atoms with Crippen LogP contribution in [0.4, 0.5) is 0 Å². The lowest BCUT2D eigenvalue weighted by Gasteiger charge is -2.44. The number of rotatable bonds is 10. The van der Waals surface area contributed by atoms with Gasteiger partial charge in [0.05, 0.1) is 0 Å². The fourth-order valence-corrected chi connectivity index (χ4v) is 4.38. The summed E-state index contributed by atoms with van der Waals surface area (Å²) in [5.41, 5.74) is -0.123. The zero-order valence-corrected chi connectivity index (χ0v) is 18.5. The molecule has 0 aliphatic heterocycles. The van der Waals surface area contributed by atoms with Crippen LogP contribution < -0.4 is 5.32 Å². The van der Waals surface area contributed by atoms with Crippen LogP contribution in [0.1, 0.15) is 77.7 Å². The van der Waals surface area contributed by atoms with Crippen molar-refractivity contribution in [3.05, 3.63) is 48.6 Å². The highest BCUT2D eigenvalue weighted by molar-refractivity contribution is 5.93. The van der Waals surface area contributed by atoms with Gasteiger partial charge in [-0.3, -0.25) is 9.59 Å². The highest BCUT2D eigenvalue weighted by Crippen LogP contribution is 2.36. The molecule has 0 saturated heterocycles. The predicted molar refractivity (Wildman–Crippen MR) is 119 cm³/mol. The van der Waals surface area contributed by atoms with Gasteiger partial charge in [0.15, 0.2) is 0 Å². The van der Waals surface area contributed by atoms with Gasteiger partial charge in [0.2, 0.25) is 5.91 Å². The van der Waals surface area contributed by atoms with E-state index in [9.17, 15) is 9.59 Å². The largest absolute Gasteiger partial charge is 0.351 e. The summed E-state index contributed by atoms with van der Waals surface area (Å²) in [6.45, 7) is 10.1. The second kappa shape index (κ2) is 11.2. The summed E-state index contributed by atoms with van der Waals surface area (Å²) in [7, 11) is 0. The number of hydrogen-bond donors (Lipinski definition) is 1. The van der Waals surface area contributed by atoms with E-state index in [1.807, 2.05) is 44.2 Å². The molecule has 1 atom stereocenters. The van der Waals surface area contributed by atoms with E-state index in [1.54, 1.807) is 11.0 Å². The molecule has 1 unspecified atom stereocenters. The molecule has 1 N–H and O–H groups in total. The summed E-state index contributed by atoms with van der Waals surface area (Å²) in [6.07, 6.45) is 9.75. The average molecular weight is 399 g/mol. The Labute approximate surface area is 176 Å². The van der Waals surface area contributed by atoms with Gasteiger partial charge in [-0.2, -0.15) is 0 Å². The topological polar surface area (TPSA) is 49.4 Å². The summed E-state index contributed by atoms with van der Waals surface area (Å²) >= 11 is 0. The molecule has 0 heterocycles. The van der Waals surface area contributed by atoms with Crippen LogP contribution in [0.3, 0.4) is 0 Å². The van der Waals surface area contributed by atoms with E-state index in [4.69, 9.17) is 0 Å². The predicted octanol–water partition coefficient (Wildman–Crippen LogP) is 5.19. The number of carbonyl (C=O) groups is 2. The minimum atomic E-state index is -1.01. The molecular weight excluding hydrogens is 360 g/mol. The lowest BCUT2D eigenvalue weighted by atomic mass is 9.80. The van der Waals surface area contributed by atoms with E-state index in [0.717, 1.165) is 44.1 Å². The minimum Gasteiger partial charge on any atom is -0.351 e. The minimum absolute atomic E-state index is 0.0105. The van der Waals surface area contributed by atoms with E-state index < -0.39 is 5.54 Å². The molecule has 0 aromatic heterocycles. The Hall–Kier alpha value is -2.10. The van der Waals surface area contributed by atoms with Crippen molar-refractivity contribution in [3.63, 3.8) is 0 Å². The van der Waals surface area contributed by atoms with Crippen molar-refractivity contribution >= 4 is 11.8 Å². The Morgan fingerprint density at radius 1 is 1.21 bits per heavy atom. The highest BCUT2D eigenvalue weighted by atomic mass is 16.2. The molecular formula is C25H38N2O2. The molecule has 1 aromatic carbocycles. The van der Waals surface area contributed by atoms with Gasteiger partial charge >= 0.3 is 0 Å². The van der Waals surface area contributed by atoms with E-state index in [1.165, 1.54) is 6.42 Å². The van der Waals surface area contributed by atoms with Gasteiger partial charge in [-0.15, -0.1) is 6.58 Å². The normalized spacial score (nSPS) is 16.8. The summed E-state index contributed by atoms with van der Waals surface area (Å²) in [6, 6.07) is 10.0. The fraction of sp³-hybridized carbons (Fsp3) is 0.600. The molecule has 1 aromatic rings. The molecule has 1 aliphatic rings. The van der Waals surface area contributed by atoms with Crippen LogP contribution in [0, 0.1) is 5.92 Å². The van der Waals surface area contributed by atoms with Crippen molar-refractivity contribution in [3.8, 4) is 0 Å². The van der Waals surface area contributed by atoms with E-state index >= 15 is 0 Å². The van der Waals surface area contributed by atoms with Gasteiger partial charge < -0.3 is 10.2 Å². The Balaban J connectivity index is 2.56. The number of nitrogens with one attached hydrogen (secondary N) is 1. The van der Waals surface area contributed by atoms with Crippen LogP contribution in [-0.2, 0) is 15.1 Å². The first-order valence-electron chi connectivity index (χ1n) is 11.3. The van der Waals surface area contributed by atoms with Crippen LogP contribution in [-0.4, -0.2) is 29.3 Å². The van der Waals surface area contributed by atoms with Gasteiger partial charge in [-0.1, -0.05) is 89.3 Å². The van der Waals surface area contributed by atoms with Crippen LogP contribution in [0.25, 0.3) is 0 Å². The third-order valence-electron chi connectivity index (χ3n) is 5.99. The van der Waals surface area contributed by atoms with E-state index in [0.29, 0.717) is 13.0 Å². The lowest BCUT2D eigenvalue weighted by molar-refractivity contribution is -0.151. The first-order valence-corrected chi connectivity index (χ1v) is 11.3. The van der Waals surface area contributed by atoms with Gasteiger partial charge in [-0.05, 0) is 24.8 Å². The molecule has 2 amide bonds. The third kappa shape index (κ3) is 5.49. The van der Waals surface area contributed by atoms with Gasteiger partial charge in [0.1, 0.15) is 5.54 Å². The van der Waals surface area contributed by atoms with Crippen LogP contribution in [0.15, 0.2) is 43.0 Å². The van der Waals surface area contributed by atoms with Crippen molar-refractivity contribution in [1.29, 1.82) is 0 Å². The molecule has 1 aliphatic carbocycles. The molecule has 29 heavy (non-hydrogen) atoms. The molecule has 160 valence electrons. The van der Waals surface area contributed by atoms with E-state index in [2.05, 4.69) is 18.8 Å². The Bertz CT molecular complexity index is 665. The number of carbonyl (C=O) groups excluding carboxylic acids is 2. The van der Waals surface area contributed by atoms with E-state index in [-0.39, 0.29) is 23.8 Å². The molecule has 2 rings (SSSR count). The van der Waals surface area contributed by atoms with Crippen molar-refractivity contribution in [2.45, 2.75) is 83.7 Å². The standard InChI is InChI=1S/C25H38N2O2/c1-5-7-18-25(21-14-10-8-11-15-21,27(19-6-2)23(28)20(3)4)24(29)26-22-16-12-9-13-17-22/h6,8,10-11,14-15,20,22H,2,5,7,9,12-13,16-19H2,1,3-4H3,(H,26,29). The Kier molecular flexibility index (Phi) is 8.94. The maximum Gasteiger partial charge on any atom is 0.250 e. The molecule has 4 heteroatoms. The number of amides is 2. The number of unbranched alkanes of at least 4 members (excludes halogenated alkanes) is 1. The first kappa shape index (κ1) is 23.2. The summed E-state index contributed by atoms with van der Waals surface area (Å²) in [4.78, 5) is 29.0. The Morgan fingerprint density at radius 2 is 1.86 bits per heavy atom. The van der Waals surface area contributed by atoms with Crippen molar-refractivity contribution < 1.29 is 9.59 Å². The third-order valence-corrected chi connectivity index (χ3v) is 5.99. The molecule has 0 bridgehead atoms. The zero-order valence-electron chi connectivity index (χ0n) is 18.5. The monoisotopic (exact) mass is 398 g/mol. The van der Waals surface area contributed by atoms with Gasteiger partial charge in [0.25, 0.3) is 5.91 Å². The molecule has 0 radical (unpaired) electrons. The Morgan fingerprint density at radius 3 is 2.41 bits per heavy atom. The maximum atomic E-state index is 13.9. The molecule has 1 fully saturated rings. The van der Waals surface area contributed by atoms with Crippen molar-refractivity contribution in [2.24, 2.45) is 5.92 Å². The molecule has 0 spiro atoms. The molecule has 1 saturated carbocycles. The average Bonchev–Trinajstić information content (AvgIpc) is 2.74. The number of benzene rings is 1. The number of nitrogens with zero attached hydrogens (tertiary/aromatic N) is 1. The maximum absolute atomic E-state index is 13.9. The zero-order chi connectivity index (χ0) is 21.3. The fourth-order valence-electron chi connectivity index (χ4n) is 4.38. The van der Waals surface area contributed by atoms with Gasteiger partial charge in [-0.25, -0.2) is 0 Å². The highest BCUT2D eigenvalue weighted by Gasteiger charge is 2.47. The smallest absolute Gasteiger partial charge is 0.250 e. The van der Waals surface area contributed by atoms with Crippen LogP contribution in [0.2, 0.25) is 0 Å². The summed E-state index contributed by atoms with van der Waals surface area (Å²) < 4.78 is 0. The SMILES string of the molecule is C=CCN(C(=O)C(C)C)C(CCCC)(C(=O)NC1CCCCC1)c1ccccc1. The van der Waals surface area contributed by atoms with Crippen LogP contribution >= 0.6 is 0 Å². The number of hydrogen-bond acceptors (Lipinski definition) is 2. The van der Waals surface area contributed by atoms with Crippen molar-refractivity contribution in [2.75, 3.05) is 6.54 Å². The lowest BCUT2D eigenvalue weighted by Crippen LogP contribution is -2.60. The van der Waals surface area contributed by atoms with Crippen LogP contribution in [0.5, 0.6) is 0 Å². The second-order valence-electron chi connectivity index (χ2n) is 8.53. The molecule has 4 nitrogen and oxygen atoms in total. The first-order chi connectivity index (χ1) is 14.0. The summed E-state index contributed by atoms with van der Waals surface area (Å²) in [5, 5.41) is 3.33. The quantitative estimate of drug-likeness (QED) is 0.551. The second-order valence-corrected chi connectivity index (χ2v) is 8.53. The summed E-state index contributed by atoms with van der Waals surface area (Å²) in [5.74, 6) is -0.245.